The number of nitrogens with zero attached hydrogens (tertiary/aromatic N) is 3. The highest BCUT2D eigenvalue weighted by Crippen LogP contribution is 2.24. The highest BCUT2D eigenvalue weighted by atomic mass is 79.9. The van der Waals surface area contributed by atoms with Crippen LogP contribution in [0, 0.1) is 0 Å². The molecule has 0 aromatic carbocycles. The van der Waals surface area contributed by atoms with Crippen LogP contribution in [0.5, 0.6) is 0 Å². The van der Waals surface area contributed by atoms with E-state index in [9.17, 15) is 0 Å². The molecule has 0 saturated carbocycles. The molecule has 0 spiro atoms. The second-order valence-electron chi connectivity index (χ2n) is 4.46. The normalized spacial score (nSPS) is 11.4. The van der Waals surface area contributed by atoms with Crippen molar-refractivity contribution in [1.29, 1.82) is 0 Å². The van der Waals surface area contributed by atoms with Gasteiger partial charge in [0.2, 0.25) is 5.89 Å². The van der Waals surface area contributed by atoms with E-state index >= 15 is 0 Å². The summed E-state index contributed by atoms with van der Waals surface area (Å²) < 4.78 is 11.6. The van der Waals surface area contributed by atoms with Crippen LogP contribution >= 0.6 is 15.9 Å². The molecule has 2 aromatic heterocycles. The number of halogens is 1. The maximum atomic E-state index is 9.07. The third kappa shape index (κ3) is 4.16. The zero-order valence-corrected chi connectivity index (χ0v) is 13.0. The van der Waals surface area contributed by atoms with Crippen LogP contribution in [-0.4, -0.2) is 39.9 Å². The van der Waals surface area contributed by atoms with Gasteiger partial charge < -0.3 is 13.9 Å². The fraction of sp³-hybridized carbons (Fsp3) is 0.538. The number of aliphatic hydroxyl groups is 1. The molecule has 0 saturated heterocycles. The van der Waals surface area contributed by atoms with E-state index in [1.165, 1.54) is 0 Å². The summed E-state index contributed by atoms with van der Waals surface area (Å²) in [4.78, 5) is 2.10. The molecular formula is C13H18BrN3O3. The Hall–Kier alpha value is -1.18. The van der Waals surface area contributed by atoms with E-state index in [-0.39, 0.29) is 6.61 Å². The Morgan fingerprint density at radius 2 is 2.10 bits per heavy atom. The van der Waals surface area contributed by atoms with Gasteiger partial charge in [0.15, 0.2) is 10.4 Å². The lowest BCUT2D eigenvalue weighted by Gasteiger charge is -2.18. The molecule has 0 atom stereocenters. The Labute approximate surface area is 125 Å². The van der Waals surface area contributed by atoms with E-state index in [4.69, 9.17) is 13.9 Å². The Bertz CT molecular complexity index is 526. The Morgan fingerprint density at radius 3 is 2.75 bits per heavy atom. The number of furan rings is 1. The summed E-state index contributed by atoms with van der Waals surface area (Å²) in [7, 11) is 0. The van der Waals surface area contributed by atoms with Crippen molar-refractivity contribution in [3.8, 4) is 11.7 Å². The van der Waals surface area contributed by atoms with Crippen molar-refractivity contribution in [2.75, 3.05) is 19.7 Å². The lowest BCUT2D eigenvalue weighted by Crippen LogP contribution is -2.27. The lowest BCUT2D eigenvalue weighted by atomic mass is 10.3. The first kappa shape index (κ1) is 15.2. The SMILES string of the molecule is CCCCN(CCO)Cc1nnc(-c2ccc(Br)o2)o1. The average molecular weight is 344 g/mol. The molecule has 110 valence electrons. The molecule has 2 rings (SSSR count). The van der Waals surface area contributed by atoms with E-state index in [0.29, 0.717) is 35.3 Å². The first-order chi connectivity index (χ1) is 9.72. The first-order valence-electron chi connectivity index (χ1n) is 6.64. The molecule has 7 heteroatoms. The topological polar surface area (TPSA) is 75.5 Å². The van der Waals surface area contributed by atoms with Crippen LogP contribution in [0.3, 0.4) is 0 Å². The highest BCUT2D eigenvalue weighted by molar-refractivity contribution is 9.10. The van der Waals surface area contributed by atoms with Gasteiger partial charge in [-0.05, 0) is 41.0 Å². The van der Waals surface area contributed by atoms with Crippen LogP contribution in [-0.2, 0) is 6.54 Å². The summed E-state index contributed by atoms with van der Waals surface area (Å²) in [6.07, 6.45) is 2.18. The minimum absolute atomic E-state index is 0.121. The number of aromatic nitrogens is 2. The van der Waals surface area contributed by atoms with Crippen molar-refractivity contribution < 1.29 is 13.9 Å². The third-order valence-corrected chi connectivity index (χ3v) is 3.28. The summed E-state index contributed by atoms with van der Waals surface area (Å²) in [6, 6.07) is 3.54. The maximum absolute atomic E-state index is 9.07. The van der Waals surface area contributed by atoms with Gasteiger partial charge >= 0.3 is 0 Å². The Morgan fingerprint density at radius 1 is 1.25 bits per heavy atom. The molecule has 0 amide bonds. The van der Waals surface area contributed by atoms with Crippen molar-refractivity contribution in [1.82, 2.24) is 15.1 Å². The van der Waals surface area contributed by atoms with Crippen LogP contribution in [0.1, 0.15) is 25.7 Å². The van der Waals surface area contributed by atoms with E-state index in [0.717, 1.165) is 19.4 Å². The minimum Gasteiger partial charge on any atom is -0.444 e. The van der Waals surface area contributed by atoms with Gasteiger partial charge in [0.05, 0.1) is 13.2 Å². The predicted octanol–water partition coefficient (Wildman–Crippen LogP) is 2.69. The highest BCUT2D eigenvalue weighted by Gasteiger charge is 2.14. The van der Waals surface area contributed by atoms with Gasteiger partial charge in [-0.25, -0.2) is 0 Å². The standard InChI is InChI=1S/C13H18BrN3O3/c1-2-3-6-17(7-8-18)9-12-15-16-13(20-12)10-4-5-11(14)19-10/h4-5,18H,2-3,6-9H2,1H3. The maximum Gasteiger partial charge on any atom is 0.283 e. The number of unbranched alkanes of at least 4 members (excludes halogenated alkanes) is 1. The summed E-state index contributed by atoms with van der Waals surface area (Å²) in [6.45, 7) is 4.30. The zero-order valence-electron chi connectivity index (χ0n) is 11.4. The first-order valence-corrected chi connectivity index (χ1v) is 7.43. The smallest absolute Gasteiger partial charge is 0.283 e. The van der Waals surface area contributed by atoms with Crippen LogP contribution in [0.2, 0.25) is 0 Å². The zero-order chi connectivity index (χ0) is 14.4. The number of aliphatic hydroxyl groups excluding tert-OH is 1. The van der Waals surface area contributed by atoms with E-state index in [1.54, 1.807) is 12.1 Å². The molecule has 0 aliphatic rings. The van der Waals surface area contributed by atoms with E-state index in [2.05, 4.69) is 38.0 Å². The summed E-state index contributed by atoms with van der Waals surface area (Å²) >= 11 is 3.23. The Balaban J connectivity index is 2.00. The van der Waals surface area contributed by atoms with Gasteiger partial charge in [-0.1, -0.05) is 13.3 Å². The van der Waals surface area contributed by atoms with Gasteiger partial charge in [0.1, 0.15) is 0 Å². The summed E-state index contributed by atoms with van der Waals surface area (Å²) in [5, 5.41) is 17.1. The molecule has 0 radical (unpaired) electrons. The molecule has 0 fully saturated rings. The molecule has 0 aliphatic heterocycles. The molecule has 1 N–H and O–H groups in total. The second kappa shape index (κ2) is 7.56. The monoisotopic (exact) mass is 343 g/mol. The molecule has 20 heavy (non-hydrogen) atoms. The van der Waals surface area contributed by atoms with Crippen LogP contribution in [0.15, 0.2) is 25.6 Å². The minimum atomic E-state index is 0.121. The molecule has 0 unspecified atom stereocenters. The molecular weight excluding hydrogens is 326 g/mol. The van der Waals surface area contributed by atoms with Crippen LogP contribution in [0.4, 0.5) is 0 Å². The van der Waals surface area contributed by atoms with Gasteiger partial charge in [-0.15, -0.1) is 10.2 Å². The van der Waals surface area contributed by atoms with Crippen molar-refractivity contribution in [3.63, 3.8) is 0 Å². The summed E-state index contributed by atoms with van der Waals surface area (Å²) in [5.41, 5.74) is 0. The van der Waals surface area contributed by atoms with Crippen molar-refractivity contribution in [2.24, 2.45) is 0 Å². The molecule has 2 heterocycles. The molecule has 0 bridgehead atoms. The fourth-order valence-corrected chi connectivity index (χ4v) is 2.14. The van der Waals surface area contributed by atoms with Gasteiger partial charge in [-0.2, -0.15) is 0 Å². The summed E-state index contributed by atoms with van der Waals surface area (Å²) in [5.74, 6) is 1.43. The molecule has 2 aromatic rings. The van der Waals surface area contributed by atoms with E-state index in [1.807, 2.05) is 0 Å². The average Bonchev–Trinajstić information content (AvgIpc) is 3.05. The van der Waals surface area contributed by atoms with Crippen molar-refractivity contribution >= 4 is 15.9 Å². The van der Waals surface area contributed by atoms with Gasteiger partial charge in [-0.3, -0.25) is 4.90 Å². The molecule has 6 nitrogen and oxygen atoms in total. The Kier molecular flexibility index (Phi) is 5.75. The number of hydrogen-bond donors (Lipinski definition) is 1. The van der Waals surface area contributed by atoms with E-state index < -0.39 is 0 Å². The third-order valence-electron chi connectivity index (χ3n) is 2.85. The second-order valence-corrected chi connectivity index (χ2v) is 5.24. The quantitative estimate of drug-likeness (QED) is 0.794. The fourth-order valence-electron chi connectivity index (χ4n) is 1.83. The number of hydrogen-bond acceptors (Lipinski definition) is 6. The predicted molar refractivity (Wildman–Crippen MR) is 77.0 cm³/mol. The molecule has 0 aliphatic carbocycles. The van der Waals surface area contributed by atoms with Crippen molar-refractivity contribution in [3.05, 3.63) is 22.7 Å². The van der Waals surface area contributed by atoms with Crippen molar-refractivity contribution in [2.45, 2.75) is 26.3 Å². The van der Waals surface area contributed by atoms with Crippen LogP contribution < -0.4 is 0 Å². The van der Waals surface area contributed by atoms with Gasteiger partial charge in [0, 0.05) is 6.54 Å². The largest absolute Gasteiger partial charge is 0.444 e. The van der Waals surface area contributed by atoms with Crippen LogP contribution in [0.25, 0.3) is 11.7 Å². The lowest BCUT2D eigenvalue weighted by molar-refractivity contribution is 0.177. The number of rotatable bonds is 8. The van der Waals surface area contributed by atoms with Gasteiger partial charge in [0.25, 0.3) is 5.89 Å².